The largest absolute Gasteiger partial charge is 0.505 e. The van der Waals surface area contributed by atoms with E-state index in [0.717, 1.165) is 6.92 Å². The van der Waals surface area contributed by atoms with E-state index in [1.807, 2.05) is 0 Å². The number of phenolic OH excluding ortho intramolecular Hbond substituents is 1. The van der Waals surface area contributed by atoms with Crippen molar-refractivity contribution in [3.63, 3.8) is 0 Å². The van der Waals surface area contributed by atoms with Gasteiger partial charge in [0, 0.05) is 5.56 Å². The lowest BCUT2D eigenvalue weighted by atomic mass is 10.00. The van der Waals surface area contributed by atoms with Gasteiger partial charge in [0.05, 0.1) is 5.92 Å². The zero-order valence-corrected chi connectivity index (χ0v) is 7.59. The summed E-state index contributed by atoms with van der Waals surface area (Å²) in [7, 11) is 0. The molecule has 0 radical (unpaired) electrons. The molecule has 1 atom stereocenters. The number of aliphatic carboxylic acids is 1. The first-order chi connectivity index (χ1) is 6.86. The van der Waals surface area contributed by atoms with Gasteiger partial charge in [-0.2, -0.15) is 4.39 Å². The number of phenols is 1. The van der Waals surface area contributed by atoms with Crippen LogP contribution in [0.3, 0.4) is 0 Å². The molecular weight excluding hydrogens is 213 g/mol. The molecule has 6 heteroatoms. The molecule has 1 unspecified atom stereocenters. The standard InChI is InChI=1S/C9H7F3O3/c1-3(9(14)15)4-2-5(10)6(11)7(12)8(4)13/h2-3,13H,1H3,(H,14,15). The Labute approximate surface area is 82.8 Å². The van der Waals surface area contributed by atoms with E-state index in [1.165, 1.54) is 0 Å². The first kappa shape index (κ1) is 11.4. The fourth-order valence-corrected chi connectivity index (χ4v) is 1.07. The summed E-state index contributed by atoms with van der Waals surface area (Å²) >= 11 is 0. The number of halogens is 3. The van der Waals surface area contributed by atoms with Crippen molar-refractivity contribution in [3.8, 4) is 5.75 Å². The highest BCUT2D eigenvalue weighted by atomic mass is 19.2. The van der Waals surface area contributed by atoms with Crippen LogP contribution in [0.25, 0.3) is 0 Å². The average molecular weight is 220 g/mol. The molecule has 0 aliphatic heterocycles. The number of rotatable bonds is 2. The van der Waals surface area contributed by atoms with Crippen LogP contribution < -0.4 is 0 Å². The summed E-state index contributed by atoms with van der Waals surface area (Å²) in [6.45, 7) is 1.12. The third-order valence-electron chi connectivity index (χ3n) is 2.00. The zero-order valence-electron chi connectivity index (χ0n) is 7.59. The van der Waals surface area contributed by atoms with Gasteiger partial charge in [0.25, 0.3) is 0 Å². The lowest BCUT2D eigenvalue weighted by Gasteiger charge is -2.10. The Morgan fingerprint density at radius 1 is 1.33 bits per heavy atom. The number of hydrogen-bond donors (Lipinski definition) is 2. The molecule has 2 N–H and O–H groups in total. The second-order valence-corrected chi connectivity index (χ2v) is 2.98. The fraction of sp³-hybridized carbons (Fsp3) is 0.222. The maximum Gasteiger partial charge on any atom is 0.310 e. The van der Waals surface area contributed by atoms with Crippen LogP contribution in [0, 0.1) is 17.5 Å². The van der Waals surface area contributed by atoms with Gasteiger partial charge < -0.3 is 10.2 Å². The Balaban J connectivity index is 3.38. The molecular formula is C9H7F3O3. The van der Waals surface area contributed by atoms with Crippen molar-refractivity contribution in [3.05, 3.63) is 29.1 Å². The molecule has 0 saturated carbocycles. The van der Waals surface area contributed by atoms with Crippen LogP contribution in [-0.4, -0.2) is 16.2 Å². The zero-order chi connectivity index (χ0) is 11.7. The fourth-order valence-electron chi connectivity index (χ4n) is 1.07. The van der Waals surface area contributed by atoms with Crippen LogP contribution >= 0.6 is 0 Å². The molecule has 1 aromatic rings. The van der Waals surface area contributed by atoms with Gasteiger partial charge in [-0.3, -0.25) is 4.79 Å². The van der Waals surface area contributed by atoms with E-state index >= 15 is 0 Å². The van der Waals surface area contributed by atoms with Gasteiger partial charge in [0.15, 0.2) is 17.4 Å². The Kier molecular flexibility index (Phi) is 2.88. The van der Waals surface area contributed by atoms with E-state index in [1.54, 1.807) is 0 Å². The van der Waals surface area contributed by atoms with Crippen molar-refractivity contribution in [1.29, 1.82) is 0 Å². The predicted octanol–water partition coefficient (Wildman–Crippen LogP) is 2.00. The molecule has 0 aromatic heterocycles. The topological polar surface area (TPSA) is 57.5 Å². The summed E-state index contributed by atoms with van der Waals surface area (Å²) < 4.78 is 38.1. The molecule has 0 fully saturated rings. The highest BCUT2D eigenvalue weighted by Gasteiger charge is 2.24. The van der Waals surface area contributed by atoms with E-state index in [4.69, 9.17) is 10.2 Å². The predicted molar refractivity (Wildman–Crippen MR) is 44.0 cm³/mol. The molecule has 0 bridgehead atoms. The van der Waals surface area contributed by atoms with E-state index in [0.29, 0.717) is 6.07 Å². The number of aromatic hydroxyl groups is 1. The molecule has 0 heterocycles. The monoisotopic (exact) mass is 220 g/mol. The maximum absolute atomic E-state index is 12.8. The summed E-state index contributed by atoms with van der Waals surface area (Å²) in [4.78, 5) is 10.5. The van der Waals surface area contributed by atoms with Crippen molar-refractivity contribution in [2.24, 2.45) is 0 Å². The number of hydrogen-bond acceptors (Lipinski definition) is 2. The van der Waals surface area contributed by atoms with Crippen LogP contribution in [0.2, 0.25) is 0 Å². The summed E-state index contributed by atoms with van der Waals surface area (Å²) in [5.74, 6) is -9.02. The Bertz CT molecular complexity index is 418. The average Bonchev–Trinajstić information content (AvgIpc) is 2.19. The highest BCUT2D eigenvalue weighted by molar-refractivity contribution is 5.76. The summed E-state index contributed by atoms with van der Waals surface area (Å²) in [5, 5.41) is 17.6. The van der Waals surface area contributed by atoms with Crippen molar-refractivity contribution in [2.45, 2.75) is 12.8 Å². The van der Waals surface area contributed by atoms with Gasteiger partial charge in [-0.15, -0.1) is 0 Å². The van der Waals surface area contributed by atoms with E-state index in [2.05, 4.69) is 0 Å². The van der Waals surface area contributed by atoms with Crippen molar-refractivity contribution >= 4 is 5.97 Å². The normalized spacial score (nSPS) is 12.5. The molecule has 82 valence electrons. The number of carbonyl (C=O) groups is 1. The van der Waals surface area contributed by atoms with Gasteiger partial charge in [0.1, 0.15) is 0 Å². The molecule has 0 aliphatic carbocycles. The lowest BCUT2D eigenvalue weighted by molar-refractivity contribution is -0.138. The molecule has 3 nitrogen and oxygen atoms in total. The molecule has 0 spiro atoms. The molecule has 0 aliphatic rings. The molecule has 0 amide bonds. The van der Waals surface area contributed by atoms with Crippen LogP contribution in [0.5, 0.6) is 5.75 Å². The first-order valence-electron chi connectivity index (χ1n) is 3.95. The van der Waals surface area contributed by atoms with Crippen LogP contribution in [0.15, 0.2) is 6.07 Å². The van der Waals surface area contributed by atoms with E-state index < -0.39 is 40.7 Å². The summed E-state index contributed by atoms with van der Waals surface area (Å²) in [5.41, 5.74) is -0.501. The summed E-state index contributed by atoms with van der Waals surface area (Å²) in [6.07, 6.45) is 0. The second kappa shape index (κ2) is 3.80. The SMILES string of the molecule is CC(C(=O)O)c1cc(F)c(F)c(F)c1O. The van der Waals surface area contributed by atoms with E-state index in [9.17, 15) is 18.0 Å². The minimum atomic E-state index is -1.83. The van der Waals surface area contributed by atoms with Gasteiger partial charge in [-0.1, -0.05) is 0 Å². The number of benzene rings is 1. The third-order valence-corrected chi connectivity index (χ3v) is 2.00. The Hall–Kier alpha value is -1.72. The van der Waals surface area contributed by atoms with Crippen molar-refractivity contribution in [2.75, 3.05) is 0 Å². The number of carboxylic acids is 1. The lowest BCUT2D eigenvalue weighted by Crippen LogP contribution is -2.09. The van der Waals surface area contributed by atoms with Crippen molar-refractivity contribution in [1.82, 2.24) is 0 Å². The van der Waals surface area contributed by atoms with Crippen LogP contribution in [-0.2, 0) is 4.79 Å². The minimum Gasteiger partial charge on any atom is -0.505 e. The van der Waals surface area contributed by atoms with Crippen LogP contribution in [0.1, 0.15) is 18.4 Å². The minimum absolute atomic E-state index is 0.465. The van der Waals surface area contributed by atoms with Gasteiger partial charge >= 0.3 is 5.97 Å². The molecule has 15 heavy (non-hydrogen) atoms. The molecule has 1 rings (SSSR count). The van der Waals surface area contributed by atoms with E-state index in [-0.39, 0.29) is 0 Å². The smallest absolute Gasteiger partial charge is 0.310 e. The van der Waals surface area contributed by atoms with Crippen molar-refractivity contribution < 1.29 is 28.2 Å². The maximum atomic E-state index is 12.8. The first-order valence-corrected chi connectivity index (χ1v) is 3.95. The molecule has 0 saturated heterocycles. The number of carboxylic acid groups (broad SMARTS) is 1. The third kappa shape index (κ3) is 1.88. The van der Waals surface area contributed by atoms with Gasteiger partial charge in [-0.25, -0.2) is 8.78 Å². The Morgan fingerprint density at radius 2 is 1.87 bits per heavy atom. The molecule has 1 aromatic carbocycles. The summed E-state index contributed by atoms with van der Waals surface area (Å²) in [6, 6.07) is 0.465. The quantitative estimate of drug-likeness (QED) is 0.749. The van der Waals surface area contributed by atoms with Crippen LogP contribution in [0.4, 0.5) is 13.2 Å². The van der Waals surface area contributed by atoms with Gasteiger partial charge in [-0.05, 0) is 13.0 Å². The highest BCUT2D eigenvalue weighted by Crippen LogP contribution is 2.31. The van der Waals surface area contributed by atoms with Gasteiger partial charge in [0.2, 0.25) is 5.82 Å². The second-order valence-electron chi connectivity index (χ2n) is 2.98. The Morgan fingerprint density at radius 3 is 2.33 bits per heavy atom.